The smallest absolute Gasteiger partial charge is 0.323 e. The molecule has 2 aromatic carbocycles. The average Bonchev–Trinajstić information content (AvgIpc) is 2.65. The Labute approximate surface area is 155 Å². The highest BCUT2D eigenvalue weighted by molar-refractivity contribution is 6.02. The second kappa shape index (κ2) is 8.99. The van der Waals surface area contributed by atoms with Gasteiger partial charge in [0.15, 0.2) is 0 Å². The van der Waals surface area contributed by atoms with Gasteiger partial charge >= 0.3 is 6.03 Å². The molecule has 0 saturated heterocycles. The Kier molecular flexibility index (Phi) is 6.72. The molecule has 0 atom stereocenters. The van der Waals surface area contributed by atoms with Crippen molar-refractivity contribution >= 4 is 23.1 Å². The number of methoxy groups -OCH3 is 2. The molecule has 0 aliphatic heterocycles. The first-order valence-electron chi connectivity index (χ1n) is 8.68. The van der Waals surface area contributed by atoms with E-state index in [0.29, 0.717) is 17.2 Å². The van der Waals surface area contributed by atoms with Gasteiger partial charge in [0.1, 0.15) is 17.2 Å². The Balaban J connectivity index is 2.16. The van der Waals surface area contributed by atoms with Crippen molar-refractivity contribution in [3.63, 3.8) is 0 Å². The van der Waals surface area contributed by atoms with Crippen LogP contribution in [0.4, 0.5) is 21.9 Å². The standard InChI is InChI=1S/C20H27N3O3/c1-6-23(7-2)15-11-12-16(14(3)13-15)21-20(24)22-19-17(25-4)9-8-10-18(19)26-5/h8-13H,6-7H2,1-5H3,(H2,21,22,24). The van der Waals surface area contributed by atoms with Gasteiger partial charge in [-0.3, -0.25) is 0 Å². The Hall–Kier alpha value is -2.89. The van der Waals surface area contributed by atoms with Gasteiger partial charge in [0.05, 0.1) is 14.2 Å². The molecule has 2 amide bonds. The summed E-state index contributed by atoms with van der Waals surface area (Å²) < 4.78 is 10.6. The summed E-state index contributed by atoms with van der Waals surface area (Å²) in [7, 11) is 3.10. The molecule has 0 bridgehead atoms. The molecule has 6 nitrogen and oxygen atoms in total. The summed E-state index contributed by atoms with van der Waals surface area (Å²) in [6.45, 7) is 8.11. The van der Waals surface area contributed by atoms with Crippen molar-refractivity contribution in [3.05, 3.63) is 42.0 Å². The highest BCUT2D eigenvalue weighted by Gasteiger charge is 2.14. The molecule has 0 spiro atoms. The average molecular weight is 357 g/mol. The number of hydrogen-bond donors (Lipinski definition) is 2. The number of urea groups is 1. The van der Waals surface area contributed by atoms with E-state index in [-0.39, 0.29) is 6.03 Å². The van der Waals surface area contributed by atoms with Crippen LogP contribution in [0.3, 0.4) is 0 Å². The van der Waals surface area contributed by atoms with E-state index in [1.807, 2.05) is 19.1 Å². The van der Waals surface area contributed by atoms with Gasteiger partial charge in [-0.1, -0.05) is 6.07 Å². The molecule has 0 aromatic heterocycles. The summed E-state index contributed by atoms with van der Waals surface area (Å²) in [4.78, 5) is 14.7. The van der Waals surface area contributed by atoms with E-state index in [1.54, 1.807) is 32.4 Å². The number of aryl methyl sites for hydroxylation is 1. The molecule has 0 aliphatic rings. The molecule has 2 rings (SSSR count). The number of carbonyl (C=O) groups excluding carboxylic acids is 1. The highest BCUT2D eigenvalue weighted by Crippen LogP contribution is 2.34. The van der Waals surface area contributed by atoms with E-state index in [9.17, 15) is 4.79 Å². The fourth-order valence-electron chi connectivity index (χ4n) is 2.82. The molecule has 6 heteroatoms. The number of hydrogen-bond acceptors (Lipinski definition) is 4. The van der Waals surface area contributed by atoms with Gasteiger partial charge < -0.3 is 25.0 Å². The van der Waals surface area contributed by atoms with Crippen molar-refractivity contribution in [1.82, 2.24) is 0 Å². The van der Waals surface area contributed by atoms with Crippen LogP contribution in [0.25, 0.3) is 0 Å². The van der Waals surface area contributed by atoms with Crippen molar-refractivity contribution in [3.8, 4) is 11.5 Å². The number of anilines is 3. The molecule has 140 valence electrons. The van der Waals surface area contributed by atoms with Crippen LogP contribution in [0.1, 0.15) is 19.4 Å². The summed E-state index contributed by atoms with van der Waals surface area (Å²) in [5.41, 5.74) is 3.39. The largest absolute Gasteiger partial charge is 0.494 e. The topological polar surface area (TPSA) is 62.8 Å². The minimum atomic E-state index is -0.355. The third kappa shape index (κ3) is 4.39. The summed E-state index contributed by atoms with van der Waals surface area (Å²) in [5, 5.41) is 5.69. The van der Waals surface area contributed by atoms with E-state index in [4.69, 9.17) is 9.47 Å². The molecule has 0 aliphatic carbocycles. The van der Waals surface area contributed by atoms with Gasteiger partial charge in [0.2, 0.25) is 0 Å². The van der Waals surface area contributed by atoms with Crippen LogP contribution in [0.5, 0.6) is 11.5 Å². The number of nitrogens with one attached hydrogen (secondary N) is 2. The molecule has 2 aromatic rings. The van der Waals surface area contributed by atoms with E-state index in [0.717, 1.165) is 30.0 Å². The lowest BCUT2D eigenvalue weighted by Crippen LogP contribution is -2.23. The van der Waals surface area contributed by atoms with Crippen molar-refractivity contribution in [2.24, 2.45) is 0 Å². The Morgan fingerprint density at radius 1 is 1.00 bits per heavy atom. The molecular formula is C20H27N3O3. The van der Waals surface area contributed by atoms with E-state index >= 15 is 0 Å². The van der Waals surface area contributed by atoms with Crippen LogP contribution in [-0.4, -0.2) is 33.3 Å². The predicted molar refractivity (Wildman–Crippen MR) is 107 cm³/mol. The van der Waals surface area contributed by atoms with Crippen molar-refractivity contribution in [1.29, 1.82) is 0 Å². The Morgan fingerprint density at radius 2 is 1.62 bits per heavy atom. The van der Waals surface area contributed by atoms with Crippen LogP contribution in [0.2, 0.25) is 0 Å². The normalized spacial score (nSPS) is 10.2. The first kappa shape index (κ1) is 19.4. The van der Waals surface area contributed by atoms with E-state index < -0.39 is 0 Å². The minimum Gasteiger partial charge on any atom is -0.494 e. The molecular weight excluding hydrogens is 330 g/mol. The van der Waals surface area contributed by atoms with Crippen LogP contribution >= 0.6 is 0 Å². The number of ether oxygens (including phenoxy) is 2. The second-order valence-corrected chi connectivity index (χ2v) is 5.79. The van der Waals surface area contributed by atoms with E-state index in [1.165, 1.54) is 0 Å². The zero-order chi connectivity index (χ0) is 19.1. The van der Waals surface area contributed by atoms with Crippen LogP contribution in [-0.2, 0) is 0 Å². The summed E-state index contributed by atoms with van der Waals surface area (Å²) in [6.07, 6.45) is 0. The highest BCUT2D eigenvalue weighted by atomic mass is 16.5. The number of carbonyl (C=O) groups is 1. The second-order valence-electron chi connectivity index (χ2n) is 5.79. The van der Waals surface area contributed by atoms with Gasteiger partial charge in [-0.15, -0.1) is 0 Å². The molecule has 0 heterocycles. The number of amides is 2. The summed E-state index contributed by atoms with van der Waals surface area (Å²) >= 11 is 0. The number of para-hydroxylation sites is 1. The monoisotopic (exact) mass is 357 g/mol. The van der Waals surface area contributed by atoms with Crippen molar-refractivity contribution in [2.45, 2.75) is 20.8 Å². The number of rotatable bonds is 7. The van der Waals surface area contributed by atoms with Gasteiger partial charge in [0.25, 0.3) is 0 Å². The fraction of sp³-hybridized carbons (Fsp3) is 0.350. The molecule has 0 fully saturated rings. The zero-order valence-corrected chi connectivity index (χ0v) is 16.1. The molecule has 0 radical (unpaired) electrons. The number of benzene rings is 2. The summed E-state index contributed by atoms with van der Waals surface area (Å²) in [5.74, 6) is 1.07. The van der Waals surface area contributed by atoms with Crippen LogP contribution < -0.4 is 25.0 Å². The predicted octanol–water partition coefficient (Wildman–Crippen LogP) is 4.50. The lowest BCUT2D eigenvalue weighted by atomic mass is 10.1. The van der Waals surface area contributed by atoms with Gasteiger partial charge in [0, 0.05) is 24.5 Å². The van der Waals surface area contributed by atoms with Crippen LogP contribution in [0, 0.1) is 6.92 Å². The van der Waals surface area contributed by atoms with E-state index in [2.05, 4.69) is 35.4 Å². The van der Waals surface area contributed by atoms with Crippen molar-refractivity contribution in [2.75, 3.05) is 42.8 Å². The third-order valence-corrected chi connectivity index (χ3v) is 4.25. The summed E-state index contributed by atoms with van der Waals surface area (Å²) in [6, 6.07) is 11.0. The maximum absolute atomic E-state index is 12.5. The van der Waals surface area contributed by atoms with Gasteiger partial charge in [-0.25, -0.2) is 4.79 Å². The molecule has 2 N–H and O–H groups in total. The maximum Gasteiger partial charge on any atom is 0.323 e. The van der Waals surface area contributed by atoms with Crippen LogP contribution in [0.15, 0.2) is 36.4 Å². The molecule has 0 saturated carbocycles. The number of nitrogens with zero attached hydrogens (tertiary/aromatic N) is 1. The fourth-order valence-corrected chi connectivity index (χ4v) is 2.82. The lowest BCUT2D eigenvalue weighted by molar-refractivity contribution is 0.262. The SMILES string of the molecule is CCN(CC)c1ccc(NC(=O)Nc2c(OC)cccc2OC)c(C)c1. The third-order valence-electron chi connectivity index (χ3n) is 4.25. The quantitative estimate of drug-likeness (QED) is 0.766. The minimum absolute atomic E-state index is 0.355. The molecule has 26 heavy (non-hydrogen) atoms. The van der Waals surface area contributed by atoms with Crippen molar-refractivity contribution < 1.29 is 14.3 Å². The first-order chi connectivity index (χ1) is 12.5. The zero-order valence-electron chi connectivity index (χ0n) is 16.1. The van der Waals surface area contributed by atoms with Gasteiger partial charge in [-0.2, -0.15) is 0 Å². The molecule has 0 unspecified atom stereocenters. The Bertz CT molecular complexity index is 736. The lowest BCUT2D eigenvalue weighted by Gasteiger charge is -2.22. The van der Waals surface area contributed by atoms with Gasteiger partial charge in [-0.05, 0) is 56.7 Å². The Morgan fingerprint density at radius 3 is 2.12 bits per heavy atom. The maximum atomic E-state index is 12.5. The first-order valence-corrected chi connectivity index (χ1v) is 8.68.